The third-order valence-electron chi connectivity index (χ3n) is 2.07. The zero-order chi connectivity index (χ0) is 10.1. The van der Waals surface area contributed by atoms with Crippen molar-refractivity contribution in [3.63, 3.8) is 0 Å². The Hall–Kier alpha value is -0.120. The molecule has 0 amide bonds. The molecule has 0 fully saturated rings. The zero-order valence-corrected chi connectivity index (χ0v) is 9.30. The minimum Gasteiger partial charge on any atom is -0.384 e. The van der Waals surface area contributed by atoms with Crippen LogP contribution in [0, 0.1) is 5.92 Å². The maximum atomic E-state index is 5.36. The molecule has 13 heavy (non-hydrogen) atoms. The van der Waals surface area contributed by atoms with E-state index in [2.05, 4.69) is 12.2 Å². The number of hydrogen-bond acceptors (Lipinski definition) is 3. The summed E-state index contributed by atoms with van der Waals surface area (Å²) in [5, 5.41) is 3.25. The molecular formula is C10H23NO2. The van der Waals surface area contributed by atoms with Crippen molar-refractivity contribution in [1.29, 1.82) is 0 Å². The van der Waals surface area contributed by atoms with E-state index in [9.17, 15) is 0 Å². The Morgan fingerprint density at radius 1 is 1.31 bits per heavy atom. The third kappa shape index (κ3) is 6.99. The molecule has 80 valence electrons. The minimum absolute atomic E-state index is 0.449. The van der Waals surface area contributed by atoms with E-state index in [-0.39, 0.29) is 0 Å². The number of nitrogens with one attached hydrogen (secondary N) is 1. The fourth-order valence-corrected chi connectivity index (χ4v) is 1.37. The van der Waals surface area contributed by atoms with Crippen LogP contribution in [0.1, 0.15) is 20.3 Å². The van der Waals surface area contributed by atoms with Crippen molar-refractivity contribution in [2.45, 2.75) is 26.3 Å². The van der Waals surface area contributed by atoms with Crippen molar-refractivity contribution in [2.24, 2.45) is 5.92 Å². The van der Waals surface area contributed by atoms with E-state index in [4.69, 9.17) is 9.47 Å². The molecule has 0 spiro atoms. The van der Waals surface area contributed by atoms with E-state index in [1.807, 2.05) is 14.0 Å². The normalized spacial score (nSPS) is 15.7. The van der Waals surface area contributed by atoms with E-state index in [0.29, 0.717) is 12.0 Å². The molecule has 0 heterocycles. The molecule has 0 aliphatic carbocycles. The second-order valence-electron chi connectivity index (χ2n) is 3.44. The third-order valence-corrected chi connectivity index (χ3v) is 2.07. The second-order valence-corrected chi connectivity index (χ2v) is 3.44. The molecule has 0 rings (SSSR count). The summed E-state index contributed by atoms with van der Waals surface area (Å²) in [7, 11) is 3.72. The fraction of sp³-hybridized carbons (Fsp3) is 1.00. The first-order valence-electron chi connectivity index (χ1n) is 4.98. The maximum Gasteiger partial charge on any atom is 0.0619 e. The molecule has 1 N–H and O–H groups in total. The quantitative estimate of drug-likeness (QED) is 0.624. The summed E-state index contributed by atoms with van der Waals surface area (Å²) in [5.74, 6) is 0.586. The van der Waals surface area contributed by atoms with E-state index in [1.165, 1.54) is 0 Å². The van der Waals surface area contributed by atoms with Gasteiger partial charge in [0.15, 0.2) is 0 Å². The highest BCUT2D eigenvalue weighted by Gasteiger charge is 2.10. The van der Waals surface area contributed by atoms with Crippen LogP contribution >= 0.6 is 0 Å². The lowest BCUT2D eigenvalue weighted by Gasteiger charge is -2.19. The molecule has 2 atom stereocenters. The van der Waals surface area contributed by atoms with Crippen molar-refractivity contribution < 1.29 is 9.47 Å². The Morgan fingerprint density at radius 2 is 2.00 bits per heavy atom. The number of rotatable bonds is 8. The van der Waals surface area contributed by atoms with E-state index in [1.54, 1.807) is 7.11 Å². The van der Waals surface area contributed by atoms with E-state index < -0.39 is 0 Å². The van der Waals surface area contributed by atoms with Crippen LogP contribution in [0.5, 0.6) is 0 Å². The Bertz CT molecular complexity index is 109. The minimum atomic E-state index is 0.449. The van der Waals surface area contributed by atoms with Crippen molar-refractivity contribution in [1.82, 2.24) is 5.32 Å². The summed E-state index contributed by atoms with van der Waals surface area (Å²) >= 11 is 0. The number of hydrogen-bond donors (Lipinski definition) is 1. The first-order valence-corrected chi connectivity index (χ1v) is 4.98. The first kappa shape index (κ1) is 12.9. The first-order chi connectivity index (χ1) is 6.24. The summed E-state index contributed by atoms with van der Waals surface area (Å²) in [6.07, 6.45) is 1.10. The predicted molar refractivity (Wildman–Crippen MR) is 55.0 cm³/mol. The van der Waals surface area contributed by atoms with Gasteiger partial charge in [-0.05, 0) is 26.3 Å². The van der Waals surface area contributed by atoms with Gasteiger partial charge in [-0.1, -0.05) is 6.92 Å². The zero-order valence-electron chi connectivity index (χ0n) is 9.30. The van der Waals surface area contributed by atoms with Crippen LogP contribution < -0.4 is 5.32 Å². The summed E-state index contributed by atoms with van der Waals surface area (Å²) in [6, 6.07) is 0.449. The van der Waals surface area contributed by atoms with Gasteiger partial charge in [0.25, 0.3) is 0 Å². The van der Waals surface area contributed by atoms with Crippen LogP contribution in [0.4, 0.5) is 0 Å². The van der Waals surface area contributed by atoms with Crippen molar-refractivity contribution in [3.8, 4) is 0 Å². The van der Waals surface area contributed by atoms with Gasteiger partial charge in [0.05, 0.1) is 6.61 Å². The average molecular weight is 189 g/mol. The summed E-state index contributed by atoms with van der Waals surface area (Å²) in [4.78, 5) is 0. The van der Waals surface area contributed by atoms with Gasteiger partial charge >= 0.3 is 0 Å². The lowest BCUT2D eigenvalue weighted by Crippen LogP contribution is -2.32. The van der Waals surface area contributed by atoms with Crippen molar-refractivity contribution in [2.75, 3.05) is 34.0 Å². The van der Waals surface area contributed by atoms with Gasteiger partial charge in [0, 0.05) is 26.4 Å². The molecule has 0 saturated heterocycles. The molecule has 2 unspecified atom stereocenters. The Kier molecular flexibility index (Phi) is 8.40. The molecule has 0 radical (unpaired) electrons. The number of methoxy groups -OCH3 is 1. The van der Waals surface area contributed by atoms with Gasteiger partial charge in [-0.25, -0.2) is 0 Å². The van der Waals surface area contributed by atoms with Crippen LogP contribution in [-0.4, -0.2) is 40.0 Å². The van der Waals surface area contributed by atoms with Crippen molar-refractivity contribution in [3.05, 3.63) is 0 Å². The van der Waals surface area contributed by atoms with Crippen LogP contribution in [0.25, 0.3) is 0 Å². The Labute approximate surface area is 81.8 Å². The Morgan fingerprint density at radius 3 is 2.46 bits per heavy atom. The lowest BCUT2D eigenvalue weighted by molar-refractivity contribution is 0.103. The molecule has 0 aliphatic rings. The summed E-state index contributed by atoms with van der Waals surface area (Å²) in [5.41, 5.74) is 0. The number of ether oxygens (including phenoxy) is 2. The predicted octanol–water partition coefficient (Wildman–Crippen LogP) is 1.28. The van der Waals surface area contributed by atoms with Gasteiger partial charge < -0.3 is 14.8 Å². The molecule has 0 aliphatic heterocycles. The number of likely N-dealkylation sites (N-methyl/N-ethyl adjacent to an activating group) is 1. The van der Waals surface area contributed by atoms with Crippen LogP contribution in [-0.2, 0) is 9.47 Å². The largest absolute Gasteiger partial charge is 0.384 e. The van der Waals surface area contributed by atoms with Crippen LogP contribution in [0.2, 0.25) is 0 Å². The molecule has 0 aromatic carbocycles. The SMILES string of the molecule is CCOCC(CC(C)COC)NC. The highest BCUT2D eigenvalue weighted by Crippen LogP contribution is 2.06. The Balaban J connectivity index is 3.56. The van der Waals surface area contributed by atoms with Crippen molar-refractivity contribution >= 4 is 0 Å². The molecule has 0 saturated carbocycles. The topological polar surface area (TPSA) is 30.5 Å². The van der Waals surface area contributed by atoms with Crippen LogP contribution in [0.3, 0.4) is 0 Å². The van der Waals surface area contributed by atoms with E-state index in [0.717, 1.165) is 26.2 Å². The summed E-state index contributed by atoms with van der Waals surface area (Å²) < 4.78 is 10.4. The molecule has 0 aromatic rings. The average Bonchev–Trinajstić information content (AvgIpc) is 2.12. The summed E-state index contributed by atoms with van der Waals surface area (Å²) in [6.45, 7) is 6.62. The smallest absolute Gasteiger partial charge is 0.0619 e. The standard InChI is InChI=1S/C10H23NO2/c1-5-13-8-10(11-3)6-9(2)7-12-4/h9-11H,5-8H2,1-4H3. The maximum absolute atomic E-state index is 5.36. The van der Waals surface area contributed by atoms with Gasteiger partial charge in [0.1, 0.15) is 0 Å². The highest BCUT2D eigenvalue weighted by molar-refractivity contribution is 4.67. The van der Waals surface area contributed by atoms with E-state index >= 15 is 0 Å². The second kappa shape index (κ2) is 8.48. The molecule has 3 nitrogen and oxygen atoms in total. The molecule has 0 bridgehead atoms. The highest BCUT2D eigenvalue weighted by atomic mass is 16.5. The molecular weight excluding hydrogens is 166 g/mol. The fourth-order valence-electron chi connectivity index (χ4n) is 1.37. The van der Waals surface area contributed by atoms with Gasteiger partial charge in [-0.3, -0.25) is 0 Å². The van der Waals surface area contributed by atoms with Gasteiger partial charge in [0.2, 0.25) is 0 Å². The van der Waals surface area contributed by atoms with Gasteiger partial charge in [-0.15, -0.1) is 0 Å². The van der Waals surface area contributed by atoms with Crippen LogP contribution in [0.15, 0.2) is 0 Å². The van der Waals surface area contributed by atoms with Gasteiger partial charge in [-0.2, -0.15) is 0 Å². The molecule has 3 heteroatoms. The lowest BCUT2D eigenvalue weighted by atomic mass is 10.0. The monoisotopic (exact) mass is 189 g/mol. The molecule has 0 aromatic heterocycles.